The highest BCUT2D eigenvalue weighted by molar-refractivity contribution is 5.90. The largest absolute Gasteiger partial charge is 0.449 e. The fourth-order valence-corrected chi connectivity index (χ4v) is 3.08. The van der Waals surface area contributed by atoms with Gasteiger partial charge in [-0.3, -0.25) is 4.79 Å². The van der Waals surface area contributed by atoms with Crippen LogP contribution in [0.5, 0.6) is 0 Å². The molecule has 0 saturated heterocycles. The summed E-state index contributed by atoms with van der Waals surface area (Å²) >= 11 is 0. The Hall–Kier alpha value is -2.31. The summed E-state index contributed by atoms with van der Waals surface area (Å²) in [5.41, 5.74) is -0.581. The molecule has 3 atom stereocenters. The first-order valence-corrected chi connectivity index (χ1v) is 9.03. The Labute approximate surface area is 156 Å². The predicted octanol–water partition coefficient (Wildman–Crippen LogP) is 4.35. The molecule has 0 aliphatic heterocycles. The van der Waals surface area contributed by atoms with Gasteiger partial charge in [0.25, 0.3) is 5.91 Å². The van der Waals surface area contributed by atoms with Crippen molar-refractivity contribution < 1.29 is 27.5 Å². The van der Waals surface area contributed by atoms with E-state index in [2.05, 4.69) is 12.2 Å². The molecule has 0 radical (unpaired) electrons. The zero-order chi connectivity index (χ0) is 20.0. The average Bonchev–Trinajstić information content (AvgIpc) is 2.61. The van der Waals surface area contributed by atoms with Gasteiger partial charge in [0.15, 0.2) is 6.10 Å². The second kappa shape index (κ2) is 9.06. The average molecular weight is 383 g/mol. The van der Waals surface area contributed by atoms with Crippen LogP contribution in [0.25, 0.3) is 6.08 Å². The van der Waals surface area contributed by atoms with Gasteiger partial charge in [-0.15, -0.1) is 0 Å². The van der Waals surface area contributed by atoms with Crippen molar-refractivity contribution in [3.05, 3.63) is 41.5 Å². The maximum absolute atomic E-state index is 12.7. The van der Waals surface area contributed by atoms with E-state index in [0.29, 0.717) is 5.92 Å². The Morgan fingerprint density at radius 3 is 2.63 bits per heavy atom. The molecule has 27 heavy (non-hydrogen) atoms. The monoisotopic (exact) mass is 383 g/mol. The van der Waals surface area contributed by atoms with E-state index in [4.69, 9.17) is 4.74 Å². The molecule has 1 saturated carbocycles. The number of carbonyl (C=O) groups is 2. The van der Waals surface area contributed by atoms with Gasteiger partial charge < -0.3 is 10.1 Å². The van der Waals surface area contributed by atoms with E-state index in [-0.39, 0.29) is 17.5 Å². The molecule has 1 aliphatic carbocycles. The third-order valence-electron chi connectivity index (χ3n) is 4.73. The van der Waals surface area contributed by atoms with Crippen molar-refractivity contribution >= 4 is 18.0 Å². The number of esters is 1. The summed E-state index contributed by atoms with van der Waals surface area (Å²) in [6, 6.07) is 4.67. The van der Waals surface area contributed by atoms with E-state index < -0.39 is 23.8 Å². The SMILES string of the molecule is C[C@H](OC(=O)/C=C/c1cccc(C(F)(F)F)c1)C(=O)N[C@@H]1CCCC[C@@H]1C. The minimum Gasteiger partial charge on any atom is -0.449 e. The molecule has 1 aliphatic rings. The Balaban J connectivity index is 1.89. The Bertz CT molecular complexity index is 700. The third kappa shape index (κ3) is 6.41. The zero-order valence-electron chi connectivity index (χ0n) is 15.4. The highest BCUT2D eigenvalue weighted by atomic mass is 19.4. The number of alkyl halides is 3. The van der Waals surface area contributed by atoms with Gasteiger partial charge in [-0.05, 0) is 49.5 Å². The van der Waals surface area contributed by atoms with E-state index >= 15 is 0 Å². The first kappa shape index (κ1) is 21.0. The standard InChI is InChI=1S/C20H24F3NO3/c1-13-6-3-4-9-17(13)24-19(26)14(2)27-18(25)11-10-15-7-5-8-16(12-15)20(21,22)23/h5,7-8,10-14,17H,3-4,6,9H2,1-2H3,(H,24,26)/b11-10+/t13-,14-,17+/m0/s1. The zero-order valence-corrected chi connectivity index (χ0v) is 15.4. The minimum absolute atomic E-state index is 0.0769. The van der Waals surface area contributed by atoms with Gasteiger partial charge in [0, 0.05) is 12.1 Å². The van der Waals surface area contributed by atoms with Crippen LogP contribution in [0.1, 0.15) is 50.7 Å². The molecule has 0 bridgehead atoms. The third-order valence-corrected chi connectivity index (χ3v) is 4.73. The van der Waals surface area contributed by atoms with Crippen LogP contribution in [0, 0.1) is 5.92 Å². The van der Waals surface area contributed by atoms with E-state index in [9.17, 15) is 22.8 Å². The molecular weight excluding hydrogens is 359 g/mol. The predicted molar refractivity (Wildman–Crippen MR) is 95.6 cm³/mol. The molecule has 4 nitrogen and oxygen atoms in total. The Kier molecular flexibility index (Phi) is 7.05. The molecule has 1 aromatic carbocycles. The van der Waals surface area contributed by atoms with Gasteiger partial charge in [0.1, 0.15) is 0 Å². The van der Waals surface area contributed by atoms with E-state index in [1.165, 1.54) is 25.1 Å². The van der Waals surface area contributed by atoms with Crippen LogP contribution < -0.4 is 5.32 Å². The molecule has 1 N–H and O–H groups in total. The number of amides is 1. The van der Waals surface area contributed by atoms with E-state index in [1.54, 1.807) is 0 Å². The first-order chi connectivity index (χ1) is 12.7. The number of carbonyl (C=O) groups excluding carboxylic acids is 2. The smallest absolute Gasteiger partial charge is 0.416 e. The quantitative estimate of drug-likeness (QED) is 0.608. The van der Waals surface area contributed by atoms with Crippen molar-refractivity contribution in [2.45, 2.75) is 57.9 Å². The lowest BCUT2D eigenvalue weighted by atomic mass is 9.86. The number of nitrogens with one attached hydrogen (secondary N) is 1. The number of ether oxygens (including phenoxy) is 1. The molecule has 148 valence electrons. The molecular formula is C20H24F3NO3. The van der Waals surface area contributed by atoms with Crippen LogP contribution >= 0.6 is 0 Å². The molecule has 1 amide bonds. The lowest BCUT2D eigenvalue weighted by Crippen LogP contribution is -2.45. The molecule has 1 aromatic rings. The molecule has 7 heteroatoms. The molecule has 0 spiro atoms. The van der Waals surface area contributed by atoms with Crippen LogP contribution in [0.3, 0.4) is 0 Å². The summed E-state index contributed by atoms with van der Waals surface area (Å²) in [6.45, 7) is 3.55. The van der Waals surface area contributed by atoms with Crippen LogP contribution in [0.4, 0.5) is 13.2 Å². The summed E-state index contributed by atoms with van der Waals surface area (Å²) in [4.78, 5) is 24.0. The maximum atomic E-state index is 12.7. The van der Waals surface area contributed by atoms with Gasteiger partial charge in [-0.2, -0.15) is 13.2 Å². The van der Waals surface area contributed by atoms with Crippen LogP contribution in [-0.2, 0) is 20.5 Å². The summed E-state index contributed by atoms with van der Waals surface area (Å²) in [7, 11) is 0. The molecule has 2 rings (SSSR count). The Morgan fingerprint density at radius 2 is 1.96 bits per heavy atom. The molecule has 0 aromatic heterocycles. The second-order valence-corrected chi connectivity index (χ2v) is 6.91. The molecule has 0 heterocycles. The van der Waals surface area contributed by atoms with Crippen molar-refractivity contribution in [1.82, 2.24) is 5.32 Å². The highest BCUT2D eigenvalue weighted by Gasteiger charge is 2.30. The second-order valence-electron chi connectivity index (χ2n) is 6.91. The number of rotatable bonds is 5. The van der Waals surface area contributed by atoms with Gasteiger partial charge in [-0.25, -0.2) is 4.79 Å². The van der Waals surface area contributed by atoms with E-state index in [0.717, 1.165) is 43.9 Å². The van der Waals surface area contributed by atoms with Crippen LogP contribution in [-0.4, -0.2) is 24.0 Å². The van der Waals surface area contributed by atoms with Gasteiger partial charge in [-0.1, -0.05) is 31.9 Å². The highest BCUT2D eigenvalue weighted by Crippen LogP contribution is 2.29. The van der Waals surface area contributed by atoms with Gasteiger partial charge in [0.05, 0.1) is 5.56 Å². The van der Waals surface area contributed by atoms with Gasteiger partial charge >= 0.3 is 12.1 Å². The number of hydrogen-bond acceptors (Lipinski definition) is 3. The van der Waals surface area contributed by atoms with Crippen molar-refractivity contribution in [2.75, 3.05) is 0 Å². The van der Waals surface area contributed by atoms with Crippen LogP contribution in [0.2, 0.25) is 0 Å². The summed E-state index contributed by atoms with van der Waals surface area (Å²) in [5, 5.41) is 2.91. The lowest BCUT2D eigenvalue weighted by molar-refractivity contribution is -0.150. The fraction of sp³-hybridized carbons (Fsp3) is 0.500. The minimum atomic E-state index is -4.45. The number of halogens is 3. The van der Waals surface area contributed by atoms with Gasteiger partial charge in [0.2, 0.25) is 0 Å². The summed E-state index contributed by atoms with van der Waals surface area (Å²) < 4.78 is 43.1. The normalized spacial score (nSPS) is 21.7. The van der Waals surface area contributed by atoms with Crippen LogP contribution in [0.15, 0.2) is 30.3 Å². The summed E-state index contributed by atoms with van der Waals surface area (Å²) in [6.07, 6.45) is 0.989. The van der Waals surface area contributed by atoms with Crippen molar-refractivity contribution in [3.63, 3.8) is 0 Å². The fourth-order valence-electron chi connectivity index (χ4n) is 3.08. The first-order valence-electron chi connectivity index (χ1n) is 9.03. The summed E-state index contributed by atoms with van der Waals surface area (Å²) in [5.74, 6) is -0.771. The van der Waals surface area contributed by atoms with Crippen molar-refractivity contribution in [2.24, 2.45) is 5.92 Å². The number of benzene rings is 1. The topological polar surface area (TPSA) is 55.4 Å². The lowest BCUT2D eigenvalue weighted by Gasteiger charge is -2.30. The molecule has 0 unspecified atom stereocenters. The van der Waals surface area contributed by atoms with Crippen molar-refractivity contribution in [1.29, 1.82) is 0 Å². The Morgan fingerprint density at radius 1 is 1.26 bits per heavy atom. The molecule has 1 fully saturated rings. The van der Waals surface area contributed by atoms with E-state index in [1.807, 2.05) is 0 Å². The maximum Gasteiger partial charge on any atom is 0.416 e. The number of hydrogen-bond donors (Lipinski definition) is 1. The van der Waals surface area contributed by atoms with Crippen molar-refractivity contribution in [3.8, 4) is 0 Å².